The molecule has 1 N–H and O–H groups in total. The molecular formula is C23H29N3O. The number of rotatable bonds is 5. The Morgan fingerprint density at radius 1 is 1.11 bits per heavy atom. The zero-order chi connectivity index (χ0) is 18.4. The summed E-state index contributed by atoms with van der Waals surface area (Å²) in [5.41, 5.74) is 2.57. The number of amides is 1. The van der Waals surface area contributed by atoms with Crippen molar-refractivity contribution in [1.29, 1.82) is 0 Å². The Kier molecular flexibility index (Phi) is 4.10. The van der Waals surface area contributed by atoms with Crippen LogP contribution < -0.4 is 5.32 Å². The molecule has 4 aliphatic rings. The number of hydrogen-bond donors (Lipinski definition) is 1. The van der Waals surface area contributed by atoms with E-state index in [0.717, 1.165) is 30.0 Å². The van der Waals surface area contributed by atoms with E-state index < -0.39 is 0 Å². The van der Waals surface area contributed by atoms with Gasteiger partial charge in [0.1, 0.15) is 0 Å². The molecule has 4 heteroatoms. The van der Waals surface area contributed by atoms with Gasteiger partial charge in [0.25, 0.3) is 0 Å². The third-order valence-corrected chi connectivity index (χ3v) is 7.12. The zero-order valence-corrected chi connectivity index (χ0v) is 16.2. The average Bonchev–Trinajstić information content (AvgIpc) is 2.92. The summed E-state index contributed by atoms with van der Waals surface area (Å²) in [6.45, 7) is 2.78. The molecular weight excluding hydrogens is 334 g/mol. The summed E-state index contributed by atoms with van der Waals surface area (Å²) >= 11 is 0. The number of anilines is 1. The van der Waals surface area contributed by atoms with Crippen LogP contribution in [0.15, 0.2) is 36.4 Å². The highest BCUT2D eigenvalue weighted by Gasteiger charge is 2.51. The van der Waals surface area contributed by atoms with E-state index in [2.05, 4.69) is 22.5 Å². The minimum atomic E-state index is 0.154. The van der Waals surface area contributed by atoms with Crippen molar-refractivity contribution in [1.82, 2.24) is 9.78 Å². The van der Waals surface area contributed by atoms with Crippen molar-refractivity contribution in [3.05, 3.63) is 47.7 Å². The highest BCUT2D eigenvalue weighted by Crippen LogP contribution is 2.61. The standard InChI is InChI=1S/C23H29N3O/c1-16-7-21(25-26(16)15-17-5-3-2-4-6-17)24-22(27)14-23-11-18-8-19(12-23)10-20(9-18)13-23/h2-7,18-20H,8-15H2,1H3,(H,24,25,27). The minimum absolute atomic E-state index is 0.154. The molecule has 2 aromatic rings. The summed E-state index contributed by atoms with van der Waals surface area (Å²) in [4.78, 5) is 12.8. The van der Waals surface area contributed by atoms with E-state index in [-0.39, 0.29) is 11.3 Å². The maximum atomic E-state index is 12.8. The van der Waals surface area contributed by atoms with Crippen molar-refractivity contribution in [2.75, 3.05) is 5.32 Å². The summed E-state index contributed by atoms with van der Waals surface area (Å²) < 4.78 is 1.97. The second-order valence-electron chi connectivity index (χ2n) is 9.46. The van der Waals surface area contributed by atoms with Crippen LogP contribution >= 0.6 is 0 Å². The Balaban J connectivity index is 1.24. The predicted molar refractivity (Wildman–Crippen MR) is 106 cm³/mol. The fourth-order valence-electron chi connectivity index (χ4n) is 6.52. The van der Waals surface area contributed by atoms with Crippen LogP contribution in [0, 0.1) is 30.1 Å². The average molecular weight is 364 g/mol. The van der Waals surface area contributed by atoms with E-state index in [1.165, 1.54) is 44.1 Å². The predicted octanol–water partition coefficient (Wildman–Crippen LogP) is 4.78. The molecule has 4 aliphatic carbocycles. The number of aryl methyl sites for hydroxylation is 1. The van der Waals surface area contributed by atoms with Gasteiger partial charge in [-0.3, -0.25) is 9.48 Å². The van der Waals surface area contributed by atoms with Crippen LogP contribution in [0.25, 0.3) is 0 Å². The molecule has 0 unspecified atom stereocenters. The van der Waals surface area contributed by atoms with E-state index in [4.69, 9.17) is 0 Å². The largest absolute Gasteiger partial charge is 0.309 e. The maximum absolute atomic E-state index is 12.8. The summed E-state index contributed by atoms with van der Waals surface area (Å²) in [6, 6.07) is 12.3. The van der Waals surface area contributed by atoms with Crippen LogP contribution in [0.5, 0.6) is 0 Å². The van der Waals surface area contributed by atoms with Gasteiger partial charge in [0.15, 0.2) is 5.82 Å². The third-order valence-electron chi connectivity index (χ3n) is 7.12. The number of carbonyl (C=O) groups is 1. The molecule has 4 nitrogen and oxygen atoms in total. The lowest BCUT2D eigenvalue weighted by Crippen LogP contribution is -2.47. The van der Waals surface area contributed by atoms with E-state index >= 15 is 0 Å². The van der Waals surface area contributed by atoms with E-state index in [1.807, 2.05) is 35.9 Å². The zero-order valence-electron chi connectivity index (χ0n) is 16.2. The fourth-order valence-corrected chi connectivity index (χ4v) is 6.52. The molecule has 4 fully saturated rings. The van der Waals surface area contributed by atoms with Gasteiger partial charge in [-0.15, -0.1) is 0 Å². The molecule has 1 aromatic heterocycles. The SMILES string of the molecule is Cc1cc(NC(=O)CC23CC4CC(CC(C4)C2)C3)nn1Cc1ccccc1. The van der Waals surface area contributed by atoms with Crippen LogP contribution in [-0.4, -0.2) is 15.7 Å². The lowest BCUT2D eigenvalue weighted by Gasteiger charge is -2.56. The van der Waals surface area contributed by atoms with Crippen LogP contribution in [0.3, 0.4) is 0 Å². The molecule has 1 aromatic carbocycles. The third kappa shape index (κ3) is 3.42. The molecule has 0 saturated heterocycles. The van der Waals surface area contributed by atoms with Crippen LogP contribution in [0.2, 0.25) is 0 Å². The fraction of sp³-hybridized carbons (Fsp3) is 0.565. The molecule has 0 aliphatic heterocycles. The molecule has 1 amide bonds. The van der Waals surface area contributed by atoms with E-state index in [0.29, 0.717) is 12.2 Å². The molecule has 6 rings (SSSR count). The molecule has 0 radical (unpaired) electrons. The van der Waals surface area contributed by atoms with Gasteiger partial charge in [-0.25, -0.2) is 0 Å². The van der Waals surface area contributed by atoms with Gasteiger partial charge in [-0.1, -0.05) is 30.3 Å². The van der Waals surface area contributed by atoms with Gasteiger partial charge >= 0.3 is 0 Å². The minimum Gasteiger partial charge on any atom is -0.309 e. The summed E-state index contributed by atoms with van der Waals surface area (Å²) in [5.74, 6) is 3.50. The first-order valence-electron chi connectivity index (χ1n) is 10.5. The Morgan fingerprint density at radius 2 is 1.74 bits per heavy atom. The van der Waals surface area contributed by atoms with Crippen molar-refractivity contribution in [3.63, 3.8) is 0 Å². The number of carbonyl (C=O) groups excluding carboxylic acids is 1. The second kappa shape index (κ2) is 6.50. The van der Waals surface area contributed by atoms with Crippen molar-refractivity contribution in [3.8, 4) is 0 Å². The van der Waals surface area contributed by atoms with Crippen molar-refractivity contribution >= 4 is 11.7 Å². The Bertz CT molecular complexity index is 803. The number of benzene rings is 1. The smallest absolute Gasteiger partial charge is 0.226 e. The first kappa shape index (κ1) is 17.0. The molecule has 0 atom stereocenters. The monoisotopic (exact) mass is 363 g/mol. The number of nitrogens with one attached hydrogen (secondary N) is 1. The van der Waals surface area contributed by atoms with Gasteiger partial charge < -0.3 is 5.32 Å². The highest BCUT2D eigenvalue weighted by atomic mass is 16.1. The van der Waals surface area contributed by atoms with Crippen molar-refractivity contribution in [2.45, 2.75) is 58.4 Å². The molecule has 4 bridgehead atoms. The van der Waals surface area contributed by atoms with Gasteiger partial charge in [0.2, 0.25) is 5.91 Å². The van der Waals surface area contributed by atoms with Crippen molar-refractivity contribution < 1.29 is 4.79 Å². The van der Waals surface area contributed by atoms with E-state index in [9.17, 15) is 4.79 Å². The summed E-state index contributed by atoms with van der Waals surface area (Å²) in [6.07, 6.45) is 8.76. The highest BCUT2D eigenvalue weighted by molar-refractivity contribution is 5.90. The number of nitrogens with zero attached hydrogens (tertiary/aromatic N) is 2. The van der Waals surface area contributed by atoms with E-state index in [1.54, 1.807) is 0 Å². The van der Waals surface area contributed by atoms with Crippen LogP contribution in [0.1, 0.15) is 56.2 Å². The van der Waals surface area contributed by atoms with Gasteiger partial charge in [0, 0.05) is 18.2 Å². The van der Waals surface area contributed by atoms with Gasteiger partial charge in [-0.05, 0) is 74.2 Å². The Hall–Kier alpha value is -2.10. The van der Waals surface area contributed by atoms with Crippen LogP contribution in [-0.2, 0) is 11.3 Å². The Morgan fingerprint density at radius 3 is 2.37 bits per heavy atom. The summed E-state index contributed by atoms with van der Waals surface area (Å²) in [5, 5.41) is 7.72. The number of hydrogen-bond acceptors (Lipinski definition) is 2. The topological polar surface area (TPSA) is 46.9 Å². The van der Waals surface area contributed by atoms with Gasteiger partial charge in [-0.2, -0.15) is 5.10 Å². The lowest BCUT2D eigenvalue weighted by molar-refractivity contribution is -0.124. The quantitative estimate of drug-likeness (QED) is 0.830. The van der Waals surface area contributed by atoms with Gasteiger partial charge in [0.05, 0.1) is 6.54 Å². The first-order chi connectivity index (χ1) is 13.1. The second-order valence-corrected chi connectivity index (χ2v) is 9.46. The summed E-state index contributed by atoms with van der Waals surface area (Å²) in [7, 11) is 0. The lowest BCUT2D eigenvalue weighted by atomic mass is 9.49. The number of aromatic nitrogens is 2. The molecule has 27 heavy (non-hydrogen) atoms. The first-order valence-corrected chi connectivity index (χ1v) is 10.5. The molecule has 1 heterocycles. The maximum Gasteiger partial charge on any atom is 0.226 e. The van der Waals surface area contributed by atoms with Crippen molar-refractivity contribution in [2.24, 2.45) is 23.2 Å². The Labute approximate surface area is 161 Å². The molecule has 0 spiro atoms. The normalized spacial score (nSPS) is 31.2. The molecule has 4 saturated carbocycles. The van der Waals surface area contributed by atoms with Crippen LogP contribution in [0.4, 0.5) is 5.82 Å². The molecule has 142 valence electrons.